The molecular formula is C13H16O3S. The summed E-state index contributed by atoms with van der Waals surface area (Å²) in [6, 6.07) is 7.03. The van der Waals surface area contributed by atoms with E-state index in [0.717, 1.165) is 24.7 Å². The number of carbonyl (C=O) groups is 1. The molecule has 4 heteroatoms. The summed E-state index contributed by atoms with van der Waals surface area (Å²) in [5, 5.41) is -0.202. The Hall–Kier alpha value is -1.16. The van der Waals surface area contributed by atoms with Gasteiger partial charge in [0.15, 0.2) is 9.84 Å². The highest BCUT2D eigenvalue weighted by atomic mass is 32.2. The van der Waals surface area contributed by atoms with Gasteiger partial charge in [-0.15, -0.1) is 0 Å². The van der Waals surface area contributed by atoms with Crippen LogP contribution >= 0.6 is 0 Å². The van der Waals surface area contributed by atoms with Crippen molar-refractivity contribution < 1.29 is 13.2 Å². The number of carbonyl (C=O) groups excluding carboxylic acids is 1. The van der Waals surface area contributed by atoms with Gasteiger partial charge < -0.3 is 4.79 Å². The molecular weight excluding hydrogens is 236 g/mol. The highest BCUT2D eigenvalue weighted by Gasteiger charge is 2.38. The average molecular weight is 252 g/mol. The second kappa shape index (κ2) is 4.61. The van der Waals surface area contributed by atoms with Crippen molar-refractivity contribution in [3.05, 3.63) is 29.8 Å². The van der Waals surface area contributed by atoms with E-state index < -0.39 is 9.84 Å². The molecule has 1 unspecified atom stereocenters. The van der Waals surface area contributed by atoms with Crippen molar-refractivity contribution in [2.24, 2.45) is 0 Å². The minimum Gasteiger partial charge on any atom is -0.303 e. The maximum atomic E-state index is 12.2. The van der Waals surface area contributed by atoms with Gasteiger partial charge in [-0.1, -0.05) is 25.1 Å². The topological polar surface area (TPSA) is 51.2 Å². The number of benzene rings is 1. The van der Waals surface area contributed by atoms with Crippen LogP contribution in [0.2, 0.25) is 0 Å². The minimum absolute atomic E-state index is 0.0442. The van der Waals surface area contributed by atoms with E-state index >= 15 is 0 Å². The van der Waals surface area contributed by atoms with Gasteiger partial charge in [-0.3, -0.25) is 0 Å². The zero-order valence-corrected chi connectivity index (χ0v) is 10.6. The molecule has 0 radical (unpaired) electrons. The van der Waals surface area contributed by atoms with Crippen LogP contribution in [0.1, 0.15) is 37.7 Å². The summed E-state index contributed by atoms with van der Waals surface area (Å²) in [6.07, 6.45) is 2.72. The molecule has 1 aromatic rings. The van der Waals surface area contributed by atoms with Crippen LogP contribution in [0.4, 0.5) is 0 Å². The number of aldehydes is 1. The summed E-state index contributed by atoms with van der Waals surface area (Å²) in [5.74, 6) is -0.0442. The Balaban J connectivity index is 2.43. The standard InChI is InChI=1S/C13H16O3S/c1-10(8-9-14)12-4-2-3-5-13(12)17(15,16)11-6-7-11/h2-5,9-11H,6-8H2,1H3. The molecule has 0 spiro atoms. The monoisotopic (exact) mass is 252 g/mol. The van der Waals surface area contributed by atoms with Gasteiger partial charge in [-0.25, -0.2) is 8.42 Å². The first-order valence-electron chi connectivity index (χ1n) is 5.84. The highest BCUT2D eigenvalue weighted by Crippen LogP contribution is 2.36. The predicted molar refractivity (Wildman–Crippen MR) is 65.7 cm³/mol. The van der Waals surface area contributed by atoms with E-state index in [-0.39, 0.29) is 11.2 Å². The minimum atomic E-state index is -3.18. The third-order valence-electron chi connectivity index (χ3n) is 3.17. The Bertz CT molecular complexity index is 515. The van der Waals surface area contributed by atoms with Gasteiger partial charge >= 0.3 is 0 Å². The Labute approximate surface area is 102 Å². The third-order valence-corrected chi connectivity index (χ3v) is 5.50. The van der Waals surface area contributed by atoms with Crippen LogP contribution in [0.5, 0.6) is 0 Å². The van der Waals surface area contributed by atoms with Crippen LogP contribution in [0.15, 0.2) is 29.2 Å². The van der Waals surface area contributed by atoms with Crippen molar-refractivity contribution >= 4 is 16.1 Å². The van der Waals surface area contributed by atoms with E-state index in [1.165, 1.54) is 0 Å². The number of rotatable bonds is 5. The lowest BCUT2D eigenvalue weighted by Gasteiger charge is -2.14. The molecule has 1 aliphatic carbocycles. The summed E-state index contributed by atoms with van der Waals surface area (Å²) >= 11 is 0. The largest absolute Gasteiger partial charge is 0.303 e. The first kappa shape index (κ1) is 12.3. The fourth-order valence-electron chi connectivity index (χ4n) is 1.98. The number of hydrogen-bond donors (Lipinski definition) is 0. The lowest BCUT2D eigenvalue weighted by Crippen LogP contribution is -2.11. The van der Waals surface area contributed by atoms with Crippen molar-refractivity contribution in [1.82, 2.24) is 0 Å². The van der Waals surface area contributed by atoms with Crippen LogP contribution in [-0.4, -0.2) is 20.0 Å². The molecule has 1 atom stereocenters. The SMILES string of the molecule is CC(CC=O)c1ccccc1S(=O)(=O)C1CC1. The Morgan fingerprint density at radius 2 is 2.00 bits per heavy atom. The molecule has 0 bridgehead atoms. The zero-order chi connectivity index (χ0) is 12.5. The van der Waals surface area contributed by atoms with Crippen molar-refractivity contribution in [1.29, 1.82) is 0 Å². The van der Waals surface area contributed by atoms with E-state index in [1.54, 1.807) is 12.1 Å². The van der Waals surface area contributed by atoms with Crippen LogP contribution in [0.25, 0.3) is 0 Å². The lowest BCUT2D eigenvalue weighted by molar-refractivity contribution is -0.108. The van der Waals surface area contributed by atoms with Gasteiger partial charge in [0.2, 0.25) is 0 Å². The van der Waals surface area contributed by atoms with Crippen molar-refractivity contribution in [2.75, 3.05) is 0 Å². The van der Waals surface area contributed by atoms with Gasteiger partial charge in [0.05, 0.1) is 10.1 Å². The van der Waals surface area contributed by atoms with E-state index in [1.807, 2.05) is 19.1 Å². The van der Waals surface area contributed by atoms with Crippen LogP contribution in [-0.2, 0) is 14.6 Å². The van der Waals surface area contributed by atoms with E-state index in [4.69, 9.17) is 0 Å². The molecule has 0 N–H and O–H groups in total. The van der Waals surface area contributed by atoms with Gasteiger partial charge in [-0.05, 0) is 30.4 Å². The molecule has 3 nitrogen and oxygen atoms in total. The number of sulfone groups is 1. The van der Waals surface area contributed by atoms with Crippen LogP contribution in [0.3, 0.4) is 0 Å². The first-order valence-corrected chi connectivity index (χ1v) is 7.38. The molecule has 0 aromatic heterocycles. The molecule has 1 fully saturated rings. The van der Waals surface area contributed by atoms with Gasteiger partial charge in [-0.2, -0.15) is 0 Å². The maximum absolute atomic E-state index is 12.2. The van der Waals surface area contributed by atoms with Gasteiger partial charge in [0, 0.05) is 6.42 Å². The second-order valence-electron chi connectivity index (χ2n) is 4.59. The Kier molecular flexibility index (Phi) is 3.33. The predicted octanol–water partition coefficient (Wildman–Crippen LogP) is 2.32. The quantitative estimate of drug-likeness (QED) is 0.756. The summed E-state index contributed by atoms with van der Waals surface area (Å²) in [7, 11) is -3.18. The molecule has 0 heterocycles. The number of hydrogen-bond acceptors (Lipinski definition) is 3. The summed E-state index contributed by atoms with van der Waals surface area (Å²) in [6.45, 7) is 1.88. The van der Waals surface area contributed by atoms with Crippen LogP contribution < -0.4 is 0 Å². The molecule has 1 saturated carbocycles. The summed E-state index contributed by atoms with van der Waals surface area (Å²) < 4.78 is 24.5. The van der Waals surface area contributed by atoms with E-state index in [9.17, 15) is 13.2 Å². The van der Waals surface area contributed by atoms with E-state index in [2.05, 4.69) is 0 Å². The normalized spacial score (nSPS) is 17.7. The molecule has 1 aromatic carbocycles. The zero-order valence-electron chi connectivity index (χ0n) is 9.80. The highest BCUT2D eigenvalue weighted by molar-refractivity contribution is 7.92. The third kappa shape index (κ3) is 2.41. The lowest BCUT2D eigenvalue weighted by atomic mass is 9.99. The maximum Gasteiger partial charge on any atom is 0.181 e. The van der Waals surface area contributed by atoms with Gasteiger partial charge in [0.1, 0.15) is 6.29 Å². The molecule has 92 valence electrons. The van der Waals surface area contributed by atoms with Gasteiger partial charge in [0.25, 0.3) is 0 Å². The summed E-state index contributed by atoms with van der Waals surface area (Å²) in [5.41, 5.74) is 0.770. The molecule has 0 saturated heterocycles. The molecule has 0 amide bonds. The smallest absolute Gasteiger partial charge is 0.181 e. The van der Waals surface area contributed by atoms with Crippen LogP contribution in [0, 0.1) is 0 Å². The fraction of sp³-hybridized carbons (Fsp3) is 0.462. The summed E-state index contributed by atoms with van der Waals surface area (Å²) in [4.78, 5) is 11.0. The van der Waals surface area contributed by atoms with Crippen molar-refractivity contribution in [2.45, 2.75) is 42.2 Å². The molecule has 17 heavy (non-hydrogen) atoms. The first-order chi connectivity index (χ1) is 8.07. The Morgan fingerprint density at radius 3 is 2.59 bits per heavy atom. The molecule has 2 rings (SSSR count). The van der Waals surface area contributed by atoms with Crippen molar-refractivity contribution in [3.63, 3.8) is 0 Å². The van der Waals surface area contributed by atoms with Crippen molar-refractivity contribution in [3.8, 4) is 0 Å². The van der Waals surface area contributed by atoms with E-state index in [0.29, 0.717) is 11.3 Å². The molecule has 1 aliphatic rings. The fourth-order valence-corrected chi connectivity index (χ4v) is 3.96. The molecule has 0 aliphatic heterocycles. The second-order valence-corrected chi connectivity index (χ2v) is 6.78. The Morgan fingerprint density at radius 1 is 1.35 bits per heavy atom. The average Bonchev–Trinajstić information content (AvgIpc) is 3.13.